The van der Waals surface area contributed by atoms with Crippen molar-refractivity contribution in [2.45, 2.75) is 25.6 Å². The zero-order valence-electron chi connectivity index (χ0n) is 6.84. The van der Waals surface area contributed by atoms with Gasteiger partial charge >= 0.3 is 0 Å². The highest BCUT2D eigenvalue weighted by molar-refractivity contribution is 6.17. The van der Waals surface area contributed by atoms with Gasteiger partial charge in [-0.25, -0.2) is 0 Å². The molecule has 1 nitrogen and oxygen atoms in total. The molecule has 0 N–H and O–H groups in total. The van der Waals surface area contributed by atoms with Gasteiger partial charge in [-0.15, -0.1) is 11.6 Å². The predicted octanol–water partition coefficient (Wildman–Crippen LogP) is 2.94. The molecular weight excluding hydrogens is 158 g/mol. The summed E-state index contributed by atoms with van der Waals surface area (Å²) in [4.78, 5) is 4.23. The topological polar surface area (TPSA) is 12.9 Å². The van der Waals surface area contributed by atoms with Crippen LogP contribution >= 0.6 is 11.6 Å². The first-order valence-electron chi connectivity index (χ1n) is 3.75. The van der Waals surface area contributed by atoms with Crippen LogP contribution in [0, 0.1) is 0 Å². The van der Waals surface area contributed by atoms with Crippen molar-refractivity contribution in [1.29, 1.82) is 0 Å². The summed E-state index contributed by atoms with van der Waals surface area (Å²) in [5.74, 6) is 1.06. The summed E-state index contributed by atoms with van der Waals surface area (Å²) in [6, 6.07) is 4.00. The Morgan fingerprint density at radius 1 is 1.55 bits per heavy atom. The van der Waals surface area contributed by atoms with Crippen molar-refractivity contribution < 1.29 is 0 Å². The van der Waals surface area contributed by atoms with E-state index in [0.717, 1.165) is 11.3 Å². The van der Waals surface area contributed by atoms with Crippen molar-refractivity contribution in [3.8, 4) is 0 Å². The van der Waals surface area contributed by atoms with Crippen LogP contribution in [-0.2, 0) is 5.88 Å². The first-order chi connectivity index (χ1) is 5.24. The first-order valence-corrected chi connectivity index (χ1v) is 4.28. The SMILES string of the molecule is CC(C)c1cc(CCl)ccn1. The standard InChI is InChI=1S/C9H12ClN/c1-7(2)9-5-8(6-10)3-4-11-9/h3-5,7H,6H2,1-2H3. The van der Waals surface area contributed by atoms with Gasteiger partial charge in [-0.1, -0.05) is 13.8 Å². The molecule has 1 heterocycles. The third kappa shape index (κ3) is 2.19. The Morgan fingerprint density at radius 3 is 2.82 bits per heavy atom. The van der Waals surface area contributed by atoms with Gasteiger partial charge in [-0.2, -0.15) is 0 Å². The second kappa shape index (κ2) is 3.72. The quantitative estimate of drug-likeness (QED) is 0.621. The minimum absolute atomic E-state index is 0.484. The van der Waals surface area contributed by atoms with E-state index >= 15 is 0 Å². The van der Waals surface area contributed by atoms with Crippen molar-refractivity contribution in [2.24, 2.45) is 0 Å². The number of alkyl halides is 1. The fourth-order valence-corrected chi connectivity index (χ4v) is 1.06. The predicted molar refractivity (Wildman–Crippen MR) is 47.9 cm³/mol. The second-order valence-electron chi connectivity index (χ2n) is 2.88. The zero-order chi connectivity index (χ0) is 8.27. The fraction of sp³-hybridized carbons (Fsp3) is 0.444. The van der Waals surface area contributed by atoms with Crippen molar-refractivity contribution in [3.63, 3.8) is 0 Å². The Hall–Kier alpha value is -0.560. The van der Waals surface area contributed by atoms with Crippen LogP contribution in [0.4, 0.5) is 0 Å². The monoisotopic (exact) mass is 169 g/mol. The number of hydrogen-bond donors (Lipinski definition) is 0. The van der Waals surface area contributed by atoms with Gasteiger partial charge in [-0.3, -0.25) is 4.98 Å². The third-order valence-electron chi connectivity index (χ3n) is 1.59. The van der Waals surface area contributed by atoms with E-state index in [-0.39, 0.29) is 0 Å². The Morgan fingerprint density at radius 2 is 2.27 bits per heavy atom. The van der Waals surface area contributed by atoms with Crippen LogP contribution in [0.5, 0.6) is 0 Å². The van der Waals surface area contributed by atoms with E-state index in [0.29, 0.717) is 11.8 Å². The fourth-order valence-electron chi connectivity index (χ4n) is 0.893. The molecule has 0 spiro atoms. The molecule has 0 saturated carbocycles. The number of nitrogens with zero attached hydrogens (tertiary/aromatic N) is 1. The molecule has 0 radical (unpaired) electrons. The van der Waals surface area contributed by atoms with Gasteiger partial charge in [-0.05, 0) is 23.6 Å². The molecule has 0 fully saturated rings. The Labute approximate surface area is 72.4 Å². The van der Waals surface area contributed by atoms with Crippen LogP contribution < -0.4 is 0 Å². The Balaban J connectivity index is 2.91. The third-order valence-corrected chi connectivity index (χ3v) is 1.90. The summed E-state index contributed by atoms with van der Waals surface area (Å²) in [5.41, 5.74) is 2.26. The molecule has 0 aliphatic rings. The van der Waals surface area contributed by atoms with Crippen LogP contribution in [0.15, 0.2) is 18.3 Å². The molecule has 0 saturated heterocycles. The highest BCUT2D eigenvalue weighted by Crippen LogP contribution is 2.13. The molecule has 0 aliphatic carbocycles. The van der Waals surface area contributed by atoms with Crippen LogP contribution in [0.25, 0.3) is 0 Å². The minimum atomic E-state index is 0.484. The summed E-state index contributed by atoms with van der Waals surface area (Å²) in [6.07, 6.45) is 1.81. The lowest BCUT2D eigenvalue weighted by molar-refractivity contribution is 0.820. The molecule has 2 heteroatoms. The van der Waals surface area contributed by atoms with Gasteiger partial charge in [0.2, 0.25) is 0 Å². The molecule has 1 aromatic rings. The maximum atomic E-state index is 5.68. The normalized spacial score (nSPS) is 10.5. The van der Waals surface area contributed by atoms with Crippen molar-refractivity contribution in [2.75, 3.05) is 0 Å². The van der Waals surface area contributed by atoms with E-state index in [2.05, 4.69) is 24.9 Å². The maximum absolute atomic E-state index is 5.68. The summed E-state index contributed by atoms with van der Waals surface area (Å²) in [6.45, 7) is 4.25. The molecule has 0 amide bonds. The molecule has 0 unspecified atom stereocenters. The zero-order valence-corrected chi connectivity index (χ0v) is 7.60. The summed E-state index contributed by atoms with van der Waals surface area (Å²) in [5, 5.41) is 0. The maximum Gasteiger partial charge on any atom is 0.0475 e. The van der Waals surface area contributed by atoms with Gasteiger partial charge in [0.05, 0.1) is 0 Å². The van der Waals surface area contributed by atoms with E-state index in [1.165, 1.54) is 0 Å². The molecule has 0 atom stereocenters. The Kier molecular flexibility index (Phi) is 2.89. The van der Waals surface area contributed by atoms with E-state index in [9.17, 15) is 0 Å². The van der Waals surface area contributed by atoms with Crippen molar-refractivity contribution >= 4 is 11.6 Å². The number of pyridine rings is 1. The second-order valence-corrected chi connectivity index (χ2v) is 3.14. The van der Waals surface area contributed by atoms with Gasteiger partial charge in [0.25, 0.3) is 0 Å². The lowest BCUT2D eigenvalue weighted by Crippen LogP contribution is -1.92. The van der Waals surface area contributed by atoms with Gasteiger partial charge < -0.3 is 0 Å². The van der Waals surface area contributed by atoms with E-state index < -0.39 is 0 Å². The van der Waals surface area contributed by atoms with Gasteiger partial charge in [0.15, 0.2) is 0 Å². The molecule has 0 aromatic carbocycles. The number of aromatic nitrogens is 1. The number of hydrogen-bond acceptors (Lipinski definition) is 1. The largest absolute Gasteiger partial charge is 0.261 e. The molecule has 1 aromatic heterocycles. The average Bonchev–Trinajstić information content (AvgIpc) is 2.05. The van der Waals surface area contributed by atoms with Crippen LogP contribution in [0.3, 0.4) is 0 Å². The highest BCUT2D eigenvalue weighted by atomic mass is 35.5. The summed E-state index contributed by atoms with van der Waals surface area (Å²) < 4.78 is 0. The first kappa shape index (κ1) is 8.54. The molecule has 60 valence electrons. The van der Waals surface area contributed by atoms with Crippen LogP contribution in [-0.4, -0.2) is 4.98 Å². The summed E-state index contributed by atoms with van der Waals surface area (Å²) >= 11 is 5.68. The lowest BCUT2D eigenvalue weighted by atomic mass is 10.1. The average molecular weight is 170 g/mol. The van der Waals surface area contributed by atoms with Crippen LogP contribution in [0.1, 0.15) is 31.0 Å². The lowest BCUT2D eigenvalue weighted by Gasteiger charge is -2.04. The van der Waals surface area contributed by atoms with E-state index in [1.54, 1.807) is 0 Å². The van der Waals surface area contributed by atoms with Crippen molar-refractivity contribution in [1.82, 2.24) is 4.98 Å². The molecular formula is C9H12ClN. The summed E-state index contributed by atoms with van der Waals surface area (Å²) in [7, 11) is 0. The number of rotatable bonds is 2. The van der Waals surface area contributed by atoms with E-state index in [1.807, 2.05) is 12.3 Å². The number of halogens is 1. The van der Waals surface area contributed by atoms with E-state index in [4.69, 9.17) is 11.6 Å². The van der Waals surface area contributed by atoms with Crippen molar-refractivity contribution in [3.05, 3.63) is 29.6 Å². The molecule has 0 aliphatic heterocycles. The molecule has 0 bridgehead atoms. The minimum Gasteiger partial charge on any atom is -0.261 e. The highest BCUT2D eigenvalue weighted by Gasteiger charge is 2.00. The molecule has 11 heavy (non-hydrogen) atoms. The Bertz CT molecular complexity index is 233. The smallest absolute Gasteiger partial charge is 0.0475 e. The van der Waals surface area contributed by atoms with Crippen LogP contribution in [0.2, 0.25) is 0 Å². The van der Waals surface area contributed by atoms with Gasteiger partial charge in [0.1, 0.15) is 0 Å². The molecule has 1 rings (SSSR count). The van der Waals surface area contributed by atoms with Gasteiger partial charge in [0, 0.05) is 17.8 Å².